The second kappa shape index (κ2) is 6.54. The number of hydrogen-bond donors (Lipinski definition) is 1. The summed E-state index contributed by atoms with van der Waals surface area (Å²) in [5.74, 6) is 0.411. The van der Waals surface area contributed by atoms with Gasteiger partial charge < -0.3 is 14.6 Å². The quantitative estimate of drug-likeness (QED) is 0.908. The van der Waals surface area contributed by atoms with Gasteiger partial charge in [0.25, 0.3) is 5.91 Å². The lowest BCUT2D eigenvalue weighted by atomic mass is 10.1. The lowest BCUT2D eigenvalue weighted by Gasteiger charge is -2.10. The summed E-state index contributed by atoms with van der Waals surface area (Å²) in [6.07, 6.45) is 2.13. The van der Waals surface area contributed by atoms with Gasteiger partial charge in [-0.1, -0.05) is 5.16 Å². The average molecular weight is 318 g/mol. The number of carbonyl (C=O) groups excluding carboxylic acids is 1. The molecule has 1 atom stereocenters. The molecule has 3 heterocycles. The van der Waals surface area contributed by atoms with Gasteiger partial charge in [-0.2, -0.15) is 5.10 Å². The summed E-state index contributed by atoms with van der Waals surface area (Å²) in [7, 11) is 0. The fourth-order valence-corrected chi connectivity index (χ4v) is 2.84. The van der Waals surface area contributed by atoms with Crippen LogP contribution in [-0.2, 0) is 11.3 Å². The molecule has 0 saturated carbocycles. The SMILES string of the molecule is Cc1cc(C)n(Cc2c(C(=O)NCC3CCCO3)noc2C)n1. The number of nitrogens with one attached hydrogen (secondary N) is 1. The maximum atomic E-state index is 12.4. The first-order chi connectivity index (χ1) is 11.0. The van der Waals surface area contributed by atoms with Crippen molar-refractivity contribution in [3.63, 3.8) is 0 Å². The summed E-state index contributed by atoms with van der Waals surface area (Å²) in [5.41, 5.74) is 3.07. The smallest absolute Gasteiger partial charge is 0.273 e. The Bertz CT molecular complexity index is 698. The number of ether oxygens (including phenoxy) is 1. The highest BCUT2D eigenvalue weighted by atomic mass is 16.5. The number of rotatable bonds is 5. The van der Waals surface area contributed by atoms with Crippen molar-refractivity contribution in [3.8, 4) is 0 Å². The van der Waals surface area contributed by atoms with Gasteiger partial charge >= 0.3 is 0 Å². The van der Waals surface area contributed by atoms with Gasteiger partial charge in [0.15, 0.2) is 5.69 Å². The van der Waals surface area contributed by atoms with E-state index in [0.717, 1.165) is 36.4 Å². The lowest BCUT2D eigenvalue weighted by molar-refractivity contribution is 0.0849. The molecule has 2 aromatic heterocycles. The van der Waals surface area contributed by atoms with Crippen molar-refractivity contribution in [1.29, 1.82) is 0 Å². The molecule has 0 bridgehead atoms. The van der Waals surface area contributed by atoms with Crippen molar-refractivity contribution in [1.82, 2.24) is 20.3 Å². The Hall–Kier alpha value is -2.15. The van der Waals surface area contributed by atoms with Gasteiger partial charge in [0.2, 0.25) is 0 Å². The van der Waals surface area contributed by atoms with Crippen LogP contribution < -0.4 is 5.32 Å². The predicted octanol–water partition coefficient (Wildman–Crippen LogP) is 1.75. The zero-order chi connectivity index (χ0) is 16.4. The van der Waals surface area contributed by atoms with Gasteiger partial charge in [0.05, 0.1) is 18.3 Å². The van der Waals surface area contributed by atoms with Crippen LogP contribution in [0.25, 0.3) is 0 Å². The van der Waals surface area contributed by atoms with E-state index in [0.29, 0.717) is 24.5 Å². The minimum Gasteiger partial charge on any atom is -0.376 e. The highest BCUT2D eigenvalue weighted by molar-refractivity contribution is 5.93. The Morgan fingerprint density at radius 3 is 2.91 bits per heavy atom. The number of amides is 1. The zero-order valence-corrected chi connectivity index (χ0v) is 13.8. The molecule has 2 aromatic rings. The topological polar surface area (TPSA) is 82.2 Å². The molecule has 1 aliphatic rings. The first kappa shape index (κ1) is 15.7. The van der Waals surface area contributed by atoms with Gasteiger partial charge in [-0.3, -0.25) is 9.48 Å². The van der Waals surface area contributed by atoms with Crippen molar-refractivity contribution >= 4 is 5.91 Å². The van der Waals surface area contributed by atoms with Crippen molar-refractivity contribution < 1.29 is 14.1 Å². The van der Waals surface area contributed by atoms with E-state index >= 15 is 0 Å². The van der Waals surface area contributed by atoms with Crippen LogP contribution >= 0.6 is 0 Å². The summed E-state index contributed by atoms with van der Waals surface area (Å²) >= 11 is 0. The number of hydrogen-bond acceptors (Lipinski definition) is 5. The Kier molecular flexibility index (Phi) is 4.47. The lowest BCUT2D eigenvalue weighted by Crippen LogP contribution is -2.32. The van der Waals surface area contributed by atoms with E-state index in [1.54, 1.807) is 0 Å². The molecular formula is C16H22N4O3. The molecule has 7 nitrogen and oxygen atoms in total. The molecule has 0 aromatic carbocycles. The van der Waals surface area contributed by atoms with Gasteiger partial charge in [0.1, 0.15) is 5.76 Å². The average Bonchev–Trinajstić information content (AvgIpc) is 3.21. The Morgan fingerprint density at radius 1 is 1.43 bits per heavy atom. The van der Waals surface area contributed by atoms with Crippen LogP contribution in [0.2, 0.25) is 0 Å². The van der Waals surface area contributed by atoms with Crippen LogP contribution in [0.5, 0.6) is 0 Å². The van der Waals surface area contributed by atoms with Crippen molar-refractivity contribution in [2.24, 2.45) is 0 Å². The van der Waals surface area contributed by atoms with Crippen LogP contribution in [0, 0.1) is 20.8 Å². The normalized spacial score (nSPS) is 17.6. The minimum atomic E-state index is -0.228. The van der Waals surface area contributed by atoms with Gasteiger partial charge in [-0.15, -0.1) is 0 Å². The van der Waals surface area contributed by atoms with E-state index in [9.17, 15) is 4.79 Å². The molecule has 1 aliphatic heterocycles. The van der Waals surface area contributed by atoms with Crippen LogP contribution in [0.15, 0.2) is 10.6 Å². The Labute approximate surface area is 135 Å². The molecule has 23 heavy (non-hydrogen) atoms. The molecular weight excluding hydrogens is 296 g/mol. The van der Waals surface area contributed by atoms with E-state index in [-0.39, 0.29) is 12.0 Å². The summed E-state index contributed by atoms with van der Waals surface area (Å²) in [6.45, 7) is 7.48. The van der Waals surface area contributed by atoms with E-state index in [1.807, 2.05) is 31.5 Å². The number of aryl methyl sites for hydroxylation is 3. The second-order valence-corrected chi connectivity index (χ2v) is 6.00. The molecule has 0 aliphatic carbocycles. The third kappa shape index (κ3) is 3.44. The Morgan fingerprint density at radius 2 is 2.26 bits per heavy atom. The largest absolute Gasteiger partial charge is 0.376 e. The fourth-order valence-electron chi connectivity index (χ4n) is 2.84. The molecule has 0 radical (unpaired) electrons. The molecule has 1 unspecified atom stereocenters. The molecule has 1 amide bonds. The number of aromatic nitrogens is 3. The maximum absolute atomic E-state index is 12.4. The molecule has 3 rings (SSSR count). The van der Waals surface area contributed by atoms with Crippen LogP contribution in [0.1, 0.15) is 46.0 Å². The summed E-state index contributed by atoms with van der Waals surface area (Å²) in [6, 6.07) is 2.00. The maximum Gasteiger partial charge on any atom is 0.273 e. The van der Waals surface area contributed by atoms with Crippen molar-refractivity contribution in [2.45, 2.75) is 46.3 Å². The van der Waals surface area contributed by atoms with E-state index in [2.05, 4.69) is 15.6 Å². The predicted molar refractivity (Wildman–Crippen MR) is 83.4 cm³/mol. The van der Waals surface area contributed by atoms with Crippen LogP contribution in [-0.4, -0.2) is 40.1 Å². The van der Waals surface area contributed by atoms with Crippen LogP contribution in [0.3, 0.4) is 0 Å². The summed E-state index contributed by atoms with van der Waals surface area (Å²) < 4.78 is 12.6. The monoisotopic (exact) mass is 318 g/mol. The molecule has 124 valence electrons. The van der Waals surface area contributed by atoms with Gasteiger partial charge in [0, 0.05) is 24.4 Å². The van der Waals surface area contributed by atoms with Crippen LogP contribution in [0.4, 0.5) is 0 Å². The number of carbonyl (C=O) groups is 1. The first-order valence-corrected chi connectivity index (χ1v) is 7.90. The highest BCUT2D eigenvalue weighted by Crippen LogP contribution is 2.17. The standard InChI is InChI=1S/C16H22N4O3/c1-10-7-11(2)20(18-10)9-14-12(3)23-19-15(14)16(21)17-8-13-5-4-6-22-13/h7,13H,4-6,8-9H2,1-3H3,(H,17,21). The molecule has 1 saturated heterocycles. The van der Waals surface area contributed by atoms with Gasteiger partial charge in [-0.05, 0) is 39.7 Å². The molecule has 0 spiro atoms. The molecule has 1 fully saturated rings. The van der Waals surface area contributed by atoms with E-state index < -0.39 is 0 Å². The summed E-state index contributed by atoms with van der Waals surface area (Å²) in [5, 5.41) is 11.2. The highest BCUT2D eigenvalue weighted by Gasteiger charge is 2.23. The third-order valence-electron chi connectivity index (χ3n) is 4.13. The minimum absolute atomic E-state index is 0.103. The number of nitrogens with zero attached hydrogens (tertiary/aromatic N) is 3. The molecule has 7 heteroatoms. The third-order valence-corrected chi connectivity index (χ3v) is 4.13. The second-order valence-electron chi connectivity index (χ2n) is 6.00. The summed E-state index contributed by atoms with van der Waals surface area (Å²) in [4.78, 5) is 12.4. The van der Waals surface area contributed by atoms with E-state index in [4.69, 9.17) is 9.26 Å². The van der Waals surface area contributed by atoms with E-state index in [1.165, 1.54) is 0 Å². The zero-order valence-electron chi connectivity index (χ0n) is 13.8. The van der Waals surface area contributed by atoms with Crippen molar-refractivity contribution in [3.05, 3.63) is 34.5 Å². The molecule has 1 N–H and O–H groups in total. The Balaban J connectivity index is 1.72. The fraction of sp³-hybridized carbons (Fsp3) is 0.562. The first-order valence-electron chi connectivity index (χ1n) is 7.90. The van der Waals surface area contributed by atoms with Crippen molar-refractivity contribution in [2.75, 3.05) is 13.2 Å². The van der Waals surface area contributed by atoms with Gasteiger partial charge in [-0.25, -0.2) is 0 Å².